The molecule has 0 fully saturated rings. The van der Waals surface area contributed by atoms with Crippen molar-refractivity contribution in [2.24, 2.45) is 0 Å². The predicted molar refractivity (Wildman–Crippen MR) is 227 cm³/mol. The van der Waals surface area contributed by atoms with Gasteiger partial charge in [0.2, 0.25) is 0 Å². The average molecular weight is 690 g/mol. The molecule has 2 aliphatic carbocycles. The Labute approximate surface area is 318 Å². The minimum absolute atomic E-state index is 0.445. The van der Waals surface area contributed by atoms with Crippen molar-refractivity contribution in [3.8, 4) is 33.4 Å². The highest BCUT2D eigenvalue weighted by atomic mass is 15.1. The summed E-state index contributed by atoms with van der Waals surface area (Å²) in [6.07, 6.45) is 6.89. The Morgan fingerprint density at radius 1 is 0.407 bits per heavy atom. The number of hydrogen-bond acceptors (Lipinski definition) is 1. The number of allylic oxidation sites excluding steroid dienone is 1. The number of fused-ring (bicyclic) bond motifs is 5. The quantitative estimate of drug-likeness (QED) is 0.161. The van der Waals surface area contributed by atoms with Crippen LogP contribution in [0.15, 0.2) is 206 Å². The van der Waals surface area contributed by atoms with Crippen LogP contribution in [0.4, 0.5) is 17.1 Å². The summed E-state index contributed by atoms with van der Waals surface area (Å²) in [6, 6.07) is 73.4. The van der Waals surface area contributed by atoms with Gasteiger partial charge in [0.05, 0.1) is 5.41 Å². The van der Waals surface area contributed by atoms with Gasteiger partial charge in [0, 0.05) is 17.1 Å². The van der Waals surface area contributed by atoms with E-state index in [1.807, 2.05) is 0 Å². The third-order valence-electron chi connectivity index (χ3n) is 11.4. The molecule has 0 aliphatic heterocycles. The molecule has 0 saturated heterocycles. The maximum atomic E-state index is 2.47. The molecule has 0 heterocycles. The minimum Gasteiger partial charge on any atom is -0.311 e. The van der Waals surface area contributed by atoms with Gasteiger partial charge in [0.25, 0.3) is 0 Å². The van der Waals surface area contributed by atoms with Crippen LogP contribution in [-0.4, -0.2) is 0 Å². The van der Waals surface area contributed by atoms with Crippen molar-refractivity contribution in [2.75, 3.05) is 4.90 Å². The third kappa shape index (κ3) is 5.24. The SMILES string of the molecule is C1=Cc2c(ccc3c2-c2ccc(-c4ccc(N(c5ccccc5)c5ccc(-c6ccccc6)cc5)cc4)cc2C3(c2ccccc2)c2ccccc2)CC1. The summed E-state index contributed by atoms with van der Waals surface area (Å²) in [5, 5.41) is 0. The molecular weight excluding hydrogens is 651 g/mol. The number of nitrogens with zero attached hydrogens (tertiary/aromatic N) is 1. The van der Waals surface area contributed by atoms with E-state index in [1.165, 1.54) is 66.8 Å². The second kappa shape index (κ2) is 13.4. The van der Waals surface area contributed by atoms with E-state index < -0.39 is 5.41 Å². The Kier molecular flexibility index (Phi) is 7.92. The molecule has 0 N–H and O–H groups in total. The summed E-state index contributed by atoms with van der Waals surface area (Å²) in [4.78, 5) is 2.34. The van der Waals surface area contributed by atoms with Gasteiger partial charge in [-0.3, -0.25) is 0 Å². The molecular formula is C53H39N. The lowest BCUT2D eigenvalue weighted by molar-refractivity contribution is 0.767. The first-order chi connectivity index (χ1) is 26.8. The summed E-state index contributed by atoms with van der Waals surface area (Å²) in [5.74, 6) is 0. The van der Waals surface area contributed by atoms with E-state index in [2.05, 4.69) is 217 Å². The van der Waals surface area contributed by atoms with E-state index in [4.69, 9.17) is 0 Å². The van der Waals surface area contributed by atoms with Crippen molar-refractivity contribution in [3.63, 3.8) is 0 Å². The first kappa shape index (κ1) is 32.0. The number of benzene rings is 8. The molecule has 2 aliphatic rings. The first-order valence-electron chi connectivity index (χ1n) is 19.0. The van der Waals surface area contributed by atoms with Gasteiger partial charge in [-0.05, 0) is 122 Å². The van der Waals surface area contributed by atoms with Crippen LogP contribution in [0.25, 0.3) is 39.5 Å². The van der Waals surface area contributed by atoms with E-state index in [9.17, 15) is 0 Å². The molecule has 256 valence electrons. The second-order valence-corrected chi connectivity index (χ2v) is 14.4. The Morgan fingerprint density at radius 3 is 1.52 bits per heavy atom. The molecule has 8 aromatic carbocycles. The van der Waals surface area contributed by atoms with Gasteiger partial charge >= 0.3 is 0 Å². The zero-order chi connectivity index (χ0) is 35.9. The highest BCUT2D eigenvalue weighted by Crippen LogP contribution is 2.58. The van der Waals surface area contributed by atoms with Gasteiger partial charge in [-0.25, -0.2) is 0 Å². The van der Waals surface area contributed by atoms with Gasteiger partial charge in [0.15, 0.2) is 0 Å². The fraction of sp³-hybridized carbons (Fsp3) is 0.0566. The zero-order valence-electron chi connectivity index (χ0n) is 30.1. The lowest BCUT2D eigenvalue weighted by atomic mass is 9.67. The smallest absolute Gasteiger partial charge is 0.0714 e. The van der Waals surface area contributed by atoms with Crippen molar-refractivity contribution in [2.45, 2.75) is 18.3 Å². The number of rotatable bonds is 7. The lowest BCUT2D eigenvalue weighted by Crippen LogP contribution is -2.28. The maximum Gasteiger partial charge on any atom is 0.0714 e. The molecule has 0 radical (unpaired) electrons. The fourth-order valence-electron chi connectivity index (χ4n) is 8.94. The third-order valence-corrected chi connectivity index (χ3v) is 11.4. The summed E-state index contributed by atoms with van der Waals surface area (Å²) >= 11 is 0. The standard InChI is InChI=1S/C53H39N/c1-5-15-38(16-6-1)39-25-31-46(32-26-39)54(45-22-11-4-12-23-45)47-33-27-40(28-34-47)42-29-35-49-51(37-42)53(43-18-7-2-8-19-43,44-20-9-3-10-21-44)50-36-30-41-17-13-14-24-48(41)52(49)50/h1-12,14-16,18-37H,13,17H2. The monoisotopic (exact) mass is 689 g/mol. The Balaban J connectivity index is 1.10. The van der Waals surface area contributed by atoms with Gasteiger partial charge in [0.1, 0.15) is 0 Å². The Hall–Kier alpha value is -6.70. The van der Waals surface area contributed by atoms with E-state index in [0.29, 0.717) is 0 Å². The van der Waals surface area contributed by atoms with Crippen LogP contribution in [0, 0.1) is 0 Å². The Morgan fingerprint density at radius 2 is 0.907 bits per heavy atom. The van der Waals surface area contributed by atoms with Gasteiger partial charge < -0.3 is 4.90 Å². The normalized spacial score (nSPS) is 13.5. The average Bonchev–Trinajstić information content (AvgIpc) is 3.56. The van der Waals surface area contributed by atoms with E-state index in [0.717, 1.165) is 29.9 Å². The molecule has 0 aromatic heterocycles. The topological polar surface area (TPSA) is 3.24 Å². The van der Waals surface area contributed by atoms with Crippen LogP contribution in [0.5, 0.6) is 0 Å². The summed E-state index contributed by atoms with van der Waals surface area (Å²) in [7, 11) is 0. The molecule has 0 saturated carbocycles. The van der Waals surface area contributed by atoms with Gasteiger partial charge in [-0.15, -0.1) is 0 Å². The van der Waals surface area contributed by atoms with Crippen molar-refractivity contribution in [1.29, 1.82) is 0 Å². The number of hydrogen-bond donors (Lipinski definition) is 0. The van der Waals surface area contributed by atoms with Crippen molar-refractivity contribution < 1.29 is 0 Å². The number of anilines is 3. The molecule has 0 unspecified atom stereocenters. The first-order valence-corrected chi connectivity index (χ1v) is 19.0. The molecule has 0 atom stereocenters. The van der Waals surface area contributed by atoms with Crippen LogP contribution >= 0.6 is 0 Å². The molecule has 10 rings (SSSR count). The molecule has 8 aromatic rings. The van der Waals surface area contributed by atoms with E-state index in [-0.39, 0.29) is 0 Å². The van der Waals surface area contributed by atoms with Gasteiger partial charge in [-0.2, -0.15) is 0 Å². The highest BCUT2D eigenvalue weighted by Gasteiger charge is 2.47. The van der Waals surface area contributed by atoms with Crippen molar-refractivity contribution >= 4 is 23.1 Å². The van der Waals surface area contributed by atoms with Crippen LogP contribution in [0.3, 0.4) is 0 Å². The zero-order valence-corrected chi connectivity index (χ0v) is 30.1. The fourth-order valence-corrected chi connectivity index (χ4v) is 8.94. The largest absolute Gasteiger partial charge is 0.311 e. The molecule has 1 nitrogen and oxygen atoms in total. The molecule has 1 heteroatoms. The maximum absolute atomic E-state index is 2.47. The predicted octanol–water partition coefficient (Wildman–Crippen LogP) is 13.8. The molecule has 0 amide bonds. The van der Waals surface area contributed by atoms with Crippen LogP contribution in [-0.2, 0) is 11.8 Å². The van der Waals surface area contributed by atoms with Crippen molar-refractivity contribution in [3.05, 3.63) is 240 Å². The van der Waals surface area contributed by atoms with Crippen LogP contribution in [0.1, 0.15) is 39.8 Å². The van der Waals surface area contributed by atoms with Crippen LogP contribution in [0.2, 0.25) is 0 Å². The van der Waals surface area contributed by atoms with Crippen molar-refractivity contribution in [1.82, 2.24) is 0 Å². The summed E-state index contributed by atoms with van der Waals surface area (Å²) in [5.41, 5.74) is 18.6. The second-order valence-electron chi connectivity index (χ2n) is 14.4. The summed E-state index contributed by atoms with van der Waals surface area (Å²) < 4.78 is 0. The Bertz CT molecular complexity index is 2570. The van der Waals surface area contributed by atoms with Gasteiger partial charge in [-0.1, -0.05) is 170 Å². The minimum atomic E-state index is -0.445. The summed E-state index contributed by atoms with van der Waals surface area (Å²) in [6.45, 7) is 0. The van der Waals surface area contributed by atoms with E-state index >= 15 is 0 Å². The lowest BCUT2D eigenvalue weighted by Gasteiger charge is -2.34. The molecule has 0 spiro atoms. The highest BCUT2D eigenvalue weighted by molar-refractivity contribution is 5.94. The number of aryl methyl sites for hydroxylation is 1. The van der Waals surface area contributed by atoms with Crippen LogP contribution < -0.4 is 4.90 Å². The van der Waals surface area contributed by atoms with E-state index in [1.54, 1.807) is 0 Å². The number of para-hydroxylation sites is 1. The molecule has 54 heavy (non-hydrogen) atoms. The molecule has 0 bridgehead atoms.